The average molecular weight is 319 g/mol. The molecule has 1 aromatic rings. The molecule has 1 unspecified atom stereocenters. The van der Waals surface area contributed by atoms with Gasteiger partial charge in [0.25, 0.3) is 0 Å². The molecule has 2 aliphatic heterocycles. The second-order valence-corrected chi connectivity index (χ2v) is 7.26. The lowest BCUT2D eigenvalue weighted by atomic mass is 10.1. The van der Waals surface area contributed by atoms with Gasteiger partial charge in [-0.2, -0.15) is 11.8 Å². The number of hydrogen-bond donors (Lipinski definition) is 2. The lowest BCUT2D eigenvalue weighted by molar-refractivity contribution is -0.117. The summed E-state index contributed by atoms with van der Waals surface area (Å²) in [5.74, 6) is 2.62. The van der Waals surface area contributed by atoms with E-state index in [-0.39, 0.29) is 11.9 Å². The minimum absolute atomic E-state index is 0.0170. The third-order valence-corrected chi connectivity index (χ3v) is 5.36. The number of rotatable bonds is 5. The molecule has 2 aliphatic rings. The fourth-order valence-electron chi connectivity index (χ4n) is 3.00. The monoisotopic (exact) mass is 319 g/mol. The summed E-state index contributed by atoms with van der Waals surface area (Å²) in [6.45, 7) is 4.52. The van der Waals surface area contributed by atoms with Crippen molar-refractivity contribution in [2.45, 2.75) is 25.3 Å². The maximum atomic E-state index is 12.0. The molecule has 3 rings (SSSR count). The fourth-order valence-corrected chi connectivity index (χ4v) is 3.98. The van der Waals surface area contributed by atoms with Crippen LogP contribution in [0, 0.1) is 0 Å². The Morgan fingerprint density at radius 1 is 1.27 bits per heavy atom. The Labute approximate surface area is 137 Å². The van der Waals surface area contributed by atoms with Gasteiger partial charge in [0.1, 0.15) is 0 Å². The molecule has 1 aromatic carbocycles. The number of amides is 1. The van der Waals surface area contributed by atoms with Gasteiger partial charge >= 0.3 is 0 Å². The molecule has 2 saturated heterocycles. The molecule has 5 heteroatoms. The van der Waals surface area contributed by atoms with Crippen molar-refractivity contribution >= 4 is 23.4 Å². The fraction of sp³-hybridized carbons (Fsp3) is 0.588. The summed E-state index contributed by atoms with van der Waals surface area (Å²) in [6.07, 6.45) is 3.12. The third-order valence-electron chi connectivity index (χ3n) is 4.42. The zero-order chi connectivity index (χ0) is 15.2. The van der Waals surface area contributed by atoms with E-state index < -0.39 is 0 Å². The predicted molar refractivity (Wildman–Crippen MR) is 93.6 cm³/mol. The number of hydrogen-bond acceptors (Lipinski definition) is 4. The minimum atomic E-state index is -0.0170. The number of benzene rings is 1. The maximum Gasteiger partial charge on any atom is 0.241 e. The van der Waals surface area contributed by atoms with Gasteiger partial charge in [0, 0.05) is 36.8 Å². The van der Waals surface area contributed by atoms with Crippen LogP contribution in [0.25, 0.3) is 0 Å². The van der Waals surface area contributed by atoms with E-state index in [2.05, 4.69) is 39.4 Å². The van der Waals surface area contributed by atoms with Crippen molar-refractivity contribution in [3.63, 3.8) is 0 Å². The number of anilines is 1. The molecule has 2 heterocycles. The van der Waals surface area contributed by atoms with Crippen LogP contribution in [0.2, 0.25) is 0 Å². The predicted octanol–water partition coefficient (Wildman–Crippen LogP) is 1.97. The Balaban J connectivity index is 1.46. The van der Waals surface area contributed by atoms with E-state index in [1.54, 1.807) is 0 Å². The van der Waals surface area contributed by atoms with E-state index >= 15 is 0 Å². The van der Waals surface area contributed by atoms with Crippen LogP contribution in [-0.2, 0) is 11.2 Å². The smallest absolute Gasteiger partial charge is 0.241 e. The minimum Gasteiger partial charge on any atom is -0.325 e. The Bertz CT molecular complexity index is 479. The zero-order valence-corrected chi connectivity index (χ0v) is 13.8. The highest BCUT2D eigenvalue weighted by Gasteiger charge is 2.21. The van der Waals surface area contributed by atoms with Gasteiger partial charge in [0.15, 0.2) is 0 Å². The van der Waals surface area contributed by atoms with Gasteiger partial charge < -0.3 is 15.5 Å². The van der Waals surface area contributed by atoms with E-state index in [0.717, 1.165) is 38.0 Å². The van der Waals surface area contributed by atoms with Crippen LogP contribution in [0.4, 0.5) is 5.69 Å². The summed E-state index contributed by atoms with van der Waals surface area (Å²) in [4.78, 5) is 14.6. The van der Waals surface area contributed by atoms with Gasteiger partial charge in [0.2, 0.25) is 5.91 Å². The molecule has 0 bridgehead atoms. The van der Waals surface area contributed by atoms with E-state index in [9.17, 15) is 4.79 Å². The molecule has 0 saturated carbocycles. The Kier molecular flexibility index (Phi) is 5.76. The number of nitrogens with one attached hydrogen (secondary N) is 2. The molecule has 2 fully saturated rings. The standard InChI is InChI=1S/C17H25N3OS/c21-17(16-2-1-8-18-16)19-15-5-3-14(4-6-15)7-9-20-10-12-22-13-11-20/h3-6,16,18H,1-2,7-13H2,(H,19,21). The van der Waals surface area contributed by atoms with Gasteiger partial charge in [-0.1, -0.05) is 12.1 Å². The van der Waals surface area contributed by atoms with Crippen LogP contribution in [0.15, 0.2) is 24.3 Å². The molecule has 1 atom stereocenters. The van der Waals surface area contributed by atoms with Crippen molar-refractivity contribution in [1.29, 1.82) is 0 Å². The molecular formula is C17H25N3OS. The van der Waals surface area contributed by atoms with Gasteiger partial charge in [-0.05, 0) is 43.5 Å². The molecule has 0 aromatic heterocycles. The molecule has 0 aliphatic carbocycles. The number of nitrogens with zero attached hydrogens (tertiary/aromatic N) is 1. The summed E-state index contributed by atoms with van der Waals surface area (Å²) in [7, 11) is 0. The van der Waals surface area contributed by atoms with Gasteiger partial charge in [0.05, 0.1) is 6.04 Å². The SMILES string of the molecule is O=C(Nc1ccc(CCN2CCSCC2)cc1)C1CCCN1. The molecule has 0 spiro atoms. The van der Waals surface area contributed by atoms with Crippen molar-refractivity contribution in [1.82, 2.24) is 10.2 Å². The lowest BCUT2D eigenvalue weighted by Gasteiger charge is -2.26. The molecule has 4 nitrogen and oxygen atoms in total. The number of thioether (sulfide) groups is 1. The van der Waals surface area contributed by atoms with Gasteiger partial charge in [-0.25, -0.2) is 0 Å². The quantitative estimate of drug-likeness (QED) is 0.871. The summed E-state index contributed by atoms with van der Waals surface area (Å²) in [5.41, 5.74) is 2.24. The molecular weight excluding hydrogens is 294 g/mol. The largest absolute Gasteiger partial charge is 0.325 e. The van der Waals surface area contributed by atoms with Crippen LogP contribution in [-0.4, -0.2) is 54.5 Å². The average Bonchev–Trinajstić information content (AvgIpc) is 3.10. The van der Waals surface area contributed by atoms with E-state index in [0.29, 0.717) is 0 Å². The van der Waals surface area contributed by atoms with E-state index in [4.69, 9.17) is 0 Å². The lowest BCUT2D eigenvalue weighted by Crippen LogP contribution is -2.35. The summed E-state index contributed by atoms with van der Waals surface area (Å²) in [6, 6.07) is 8.30. The normalized spacial score (nSPS) is 22.6. The van der Waals surface area contributed by atoms with Crippen LogP contribution in [0.5, 0.6) is 0 Å². The molecule has 0 radical (unpaired) electrons. The van der Waals surface area contributed by atoms with Crippen molar-refractivity contribution < 1.29 is 4.79 Å². The molecule has 120 valence electrons. The first-order valence-corrected chi connectivity index (χ1v) is 9.40. The highest BCUT2D eigenvalue weighted by Crippen LogP contribution is 2.14. The van der Waals surface area contributed by atoms with Crippen LogP contribution >= 0.6 is 11.8 Å². The first-order valence-electron chi connectivity index (χ1n) is 8.24. The summed E-state index contributed by atoms with van der Waals surface area (Å²) >= 11 is 2.05. The highest BCUT2D eigenvalue weighted by atomic mass is 32.2. The van der Waals surface area contributed by atoms with Crippen molar-refractivity contribution in [3.8, 4) is 0 Å². The first kappa shape index (κ1) is 15.8. The van der Waals surface area contributed by atoms with Crippen LogP contribution < -0.4 is 10.6 Å². The molecule has 2 N–H and O–H groups in total. The van der Waals surface area contributed by atoms with Crippen molar-refractivity contribution in [2.24, 2.45) is 0 Å². The Morgan fingerprint density at radius 3 is 2.73 bits per heavy atom. The first-order chi connectivity index (χ1) is 10.8. The maximum absolute atomic E-state index is 12.0. The zero-order valence-electron chi connectivity index (χ0n) is 13.0. The molecule has 22 heavy (non-hydrogen) atoms. The third kappa shape index (κ3) is 4.48. The van der Waals surface area contributed by atoms with Crippen LogP contribution in [0.1, 0.15) is 18.4 Å². The Morgan fingerprint density at radius 2 is 2.05 bits per heavy atom. The second kappa shape index (κ2) is 7.99. The van der Waals surface area contributed by atoms with Crippen LogP contribution in [0.3, 0.4) is 0 Å². The summed E-state index contributed by atoms with van der Waals surface area (Å²) < 4.78 is 0. The topological polar surface area (TPSA) is 44.4 Å². The molecule has 1 amide bonds. The number of carbonyl (C=O) groups excluding carboxylic acids is 1. The van der Waals surface area contributed by atoms with Crippen molar-refractivity contribution in [2.75, 3.05) is 43.0 Å². The van der Waals surface area contributed by atoms with E-state index in [1.807, 2.05) is 12.1 Å². The van der Waals surface area contributed by atoms with Gasteiger partial charge in [-0.3, -0.25) is 4.79 Å². The number of carbonyl (C=O) groups is 1. The Hall–Kier alpha value is -1.04. The van der Waals surface area contributed by atoms with Gasteiger partial charge in [-0.15, -0.1) is 0 Å². The highest BCUT2D eigenvalue weighted by molar-refractivity contribution is 7.99. The summed E-state index contributed by atoms with van der Waals surface area (Å²) in [5, 5.41) is 6.23. The van der Waals surface area contributed by atoms with E-state index in [1.165, 1.54) is 30.2 Å². The van der Waals surface area contributed by atoms with Crippen molar-refractivity contribution in [3.05, 3.63) is 29.8 Å². The second-order valence-electron chi connectivity index (χ2n) is 6.04.